The minimum atomic E-state index is -0.593. The molecule has 8 nitrogen and oxygen atoms in total. The van der Waals surface area contributed by atoms with Crippen LogP contribution >= 0.6 is 0 Å². The largest absolute Gasteiger partial charge is 0.492 e. The number of carbonyl (C=O) groups excluding carboxylic acids is 2. The molecule has 1 rings (SSSR count). The van der Waals surface area contributed by atoms with Crippen molar-refractivity contribution in [2.24, 2.45) is 0 Å². The van der Waals surface area contributed by atoms with Crippen molar-refractivity contribution in [1.29, 1.82) is 0 Å². The molecule has 124 valence electrons. The molecule has 1 atom stereocenters. The van der Waals surface area contributed by atoms with Crippen LogP contribution in [0, 0.1) is 0 Å². The number of rotatable bonds is 5. The van der Waals surface area contributed by atoms with Crippen molar-refractivity contribution in [3.63, 3.8) is 0 Å². The van der Waals surface area contributed by atoms with Crippen molar-refractivity contribution in [1.82, 2.24) is 15.1 Å². The SMILES string of the molecule is CCOC(=O)c1cc(O)nn1C[C@@H](C)NC(=O)OC(C)(C)C. The molecule has 0 aliphatic carbocycles. The number of amides is 1. The number of esters is 1. The van der Waals surface area contributed by atoms with Gasteiger partial charge in [0.1, 0.15) is 11.3 Å². The predicted molar refractivity (Wildman–Crippen MR) is 78.7 cm³/mol. The van der Waals surface area contributed by atoms with Gasteiger partial charge in [-0.25, -0.2) is 9.59 Å². The van der Waals surface area contributed by atoms with E-state index < -0.39 is 17.7 Å². The van der Waals surface area contributed by atoms with E-state index in [4.69, 9.17) is 9.47 Å². The Labute approximate surface area is 129 Å². The molecule has 0 bridgehead atoms. The summed E-state index contributed by atoms with van der Waals surface area (Å²) in [5, 5.41) is 15.9. The van der Waals surface area contributed by atoms with Gasteiger partial charge in [-0.15, -0.1) is 5.10 Å². The van der Waals surface area contributed by atoms with E-state index in [0.29, 0.717) is 0 Å². The van der Waals surface area contributed by atoms with Crippen LogP contribution in [0.1, 0.15) is 45.1 Å². The molecule has 2 N–H and O–H groups in total. The van der Waals surface area contributed by atoms with Gasteiger partial charge in [0.15, 0.2) is 0 Å². The molecular formula is C14H23N3O5. The van der Waals surface area contributed by atoms with Crippen LogP contribution in [0.3, 0.4) is 0 Å². The van der Waals surface area contributed by atoms with E-state index >= 15 is 0 Å². The molecule has 1 aromatic heterocycles. The molecule has 0 spiro atoms. The minimum absolute atomic E-state index is 0.122. The molecule has 1 aromatic rings. The summed E-state index contributed by atoms with van der Waals surface area (Å²) in [6.07, 6.45) is -0.561. The molecule has 0 fully saturated rings. The molecular weight excluding hydrogens is 290 g/mol. The summed E-state index contributed by atoms with van der Waals surface area (Å²) in [5.74, 6) is -0.868. The van der Waals surface area contributed by atoms with Gasteiger partial charge in [-0.1, -0.05) is 0 Å². The number of hydrogen-bond donors (Lipinski definition) is 2. The predicted octanol–water partition coefficient (Wildman–Crippen LogP) is 1.68. The van der Waals surface area contributed by atoms with Crippen molar-refractivity contribution in [3.05, 3.63) is 11.8 Å². The second-order valence-electron chi connectivity index (χ2n) is 5.84. The standard InChI is InChI=1S/C14H23N3O5/c1-6-21-12(19)10-7-11(18)16-17(10)8-9(2)15-13(20)22-14(3,4)5/h7,9H,6,8H2,1-5H3,(H,15,20)(H,16,18)/t9-/m1/s1. The van der Waals surface area contributed by atoms with E-state index in [0.717, 1.165) is 0 Å². The molecule has 1 heterocycles. The zero-order valence-electron chi connectivity index (χ0n) is 13.5. The normalized spacial score (nSPS) is 12.6. The number of nitrogens with zero attached hydrogens (tertiary/aromatic N) is 2. The molecule has 1 amide bonds. The van der Waals surface area contributed by atoms with Gasteiger partial charge in [-0.3, -0.25) is 4.68 Å². The highest BCUT2D eigenvalue weighted by Crippen LogP contribution is 2.12. The van der Waals surface area contributed by atoms with Crippen LogP contribution in [-0.2, 0) is 16.0 Å². The van der Waals surface area contributed by atoms with Gasteiger partial charge in [0, 0.05) is 12.1 Å². The number of aromatic hydroxyl groups is 1. The third-order valence-electron chi connectivity index (χ3n) is 2.46. The van der Waals surface area contributed by atoms with Gasteiger partial charge in [-0.05, 0) is 34.6 Å². The van der Waals surface area contributed by atoms with Gasteiger partial charge in [-0.2, -0.15) is 0 Å². The zero-order chi connectivity index (χ0) is 16.9. The Morgan fingerprint density at radius 1 is 1.45 bits per heavy atom. The van der Waals surface area contributed by atoms with E-state index in [-0.39, 0.29) is 30.8 Å². The van der Waals surface area contributed by atoms with Crippen LogP contribution < -0.4 is 5.32 Å². The lowest BCUT2D eigenvalue weighted by Crippen LogP contribution is -2.40. The number of nitrogens with one attached hydrogen (secondary N) is 1. The van der Waals surface area contributed by atoms with E-state index in [2.05, 4.69) is 10.4 Å². The Morgan fingerprint density at radius 3 is 2.64 bits per heavy atom. The van der Waals surface area contributed by atoms with Crippen molar-refractivity contribution in [3.8, 4) is 5.88 Å². The highest BCUT2D eigenvalue weighted by Gasteiger charge is 2.21. The first kappa shape index (κ1) is 17.8. The minimum Gasteiger partial charge on any atom is -0.492 e. The van der Waals surface area contributed by atoms with Crippen LogP contribution in [0.5, 0.6) is 5.88 Å². The third-order valence-corrected chi connectivity index (χ3v) is 2.46. The summed E-state index contributed by atoms with van der Waals surface area (Å²) >= 11 is 0. The maximum atomic E-state index is 11.8. The van der Waals surface area contributed by atoms with Crippen molar-refractivity contribution in [2.75, 3.05) is 6.61 Å². The lowest BCUT2D eigenvalue weighted by Gasteiger charge is -2.22. The van der Waals surface area contributed by atoms with Crippen molar-refractivity contribution < 1.29 is 24.2 Å². The lowest BCUT2D eigenvalue weighted by molar-refractivity contribution is 0.0501. The van der Waals surface area contributed by atoms with Gasteiger partial charge >= 0.3 is 12.1 Å². The lowest BCUT2D eigenvalue weighted by atomic mass is 10.2. The zero-order valence-corrected chi connectivity index (χ0v) is 13.5. The number of carbonyl (C=O) groups is 2. The van der Waals surface area contributed by atoms with E-state index in [9.17, 15) is 14.7 Å². The summed E-state index contributed by atoms with van der Waals surface area (Å²) in [6, 6.07) is 0.861. The summed E-state index contributed by atoms with van der Waals surface area (Å²) in [5.41, 5.74) is -0.471. The fraction of sp³-hybridized carbons (Fsp3) is 0.643. The van der Waals surface area contributed by atoms with E-state index in [1.54, 1.807) is 34.6 Å². The Morgan fingerprint density at radius 2 is 2.09 bits per heavy atom. The van der Waals surface area contributed by atoms with Gasteiger partial charge in [0.05, 0.1) is 13.2 Å². The molecule has 22 heavy (non-hydrogen) atoms. The third kappa shape index (κ3) is 5.63. The van der Waals surface area contributed by atoms with Crippen LogP contribution in [0.2, 0.25) is 0 Å². The van der Waals surface area contributed by atoms with Crippen molar-refractivity contribution in [2.45, 2.75) is 52.8 Å². The van der Waals surface area contributed by atoms with E-state index in [1.807, 2.05) is 0 Å². The molecule has 0 saturated carbocycles. The van der Waals surface area contributed by atoms with Gasteiger partial charge in [0.2, 0.25) is 5.88 Å². The van der Waals surface area contributed by atoms with E-state index in [1.165, 1.54) is 10.7 Å². The van der Waals surface area contributed by atoms with Crippen LogP contribution in [0.4, 0.5) is 4.79 Å². The Kier molecular flexibility index (Phi) is 5.78. The highest BCUT2D eigenvalue weighted by atomic mass is 16.6. The molecule has 0 aliphatic heterocycles. The molecule has 0 unspecified atom stereocenters. The molecule has 0 radical (unpaired) electrons. The average Bonchev–Trinajstić information content (AvgIpc) is 2.67. The Hall–Kier alpha value is -2.25. The molecule has 0 saturated heterocycles. The average molecular weight is 313 g/mol. The summed E-state index contributed by atoms with van der Waals surface area (Å²) in [4.78, 5) is 23.4. The Bertz CT molecular complexity index is 533. The molecule has 8 heteroatoms. The topological polar surface area (TPSA) is 103 Å². The first-order valence-corrected chi connectivity index (χ1v) is 7.06. The van der Waals surface area contributed by atoms with Crippen molar-refractivity contribution >= 4 is 12.1 Å². The highest BCUT2D eigenvalue weighted by molar-refractivity contribution is 5.87. The number of aromatic nitrogens is 2. The fourth-order valence-corrected chi connectivity index (χ4v) is 1.73. The summed E-state index contributed by atoms with van der Waals surface area (Å²) in [7, 11) is 0. The first-order valence-electron chi connectivity index (χ1n) is 7.06. The van der Waals surface area contributed by atoms with Gasteiger partial charge < -0.3 is 19.9 Å². The maximum absolute atomic E-state index is 11.8. The fourth-order valence-electron chi connectivity index (χ4n) is 1.73. The quantitative estimate of drug-likeness (QED) is 0.802. The van der Waals surface area contributed by atoms with Gasteiger partial charge in [0.25, 0.3) is 0 Å². The second kappa shape index (κ2) is 7.15. The monoisotopic (exact) mass is 313 g/mol. The van der Waals surface area contributed by atoms with Crippen LogP contribution in [0.25, 0.3) is 0 Å². The number of ether oxygens (including phenoxy) is 2. The summed E-state index contributed by atoms with van der Waals surface area (Å²) < 4.78 is 11.3. The smallest absolute Gasteiger partial charge is 0.407 e. The van der Waals surface area contributed by atoms with Crippen LogP contribution in [0.15, 0.2) is 6.07 Å². The maximum Gasteiger partial charge on any atom is 0.407 e. The second-order valence-corrected chi connectivity index (χ2v) is 5.84. The number of hydrogen-bond acceptors (Lipinski definition) is 6. The molecule has 0 aliphatic rings. The number of alkyl carbamates (subject to hydrolysis) is 1. The van der Waals surface area contributed by atoms with Crippen LogP contribution in [-0.4, -0.2) is 45.2 Å². The Balaban J connectivity index is 2.70. The first-order chi connectivity index (χ1) is 10.1. The molecule has 0 aromatic carbocycles. The summed E-state index contributed by atoms with van der Waals surface area (Å²) in [6.45, 7) is 9.12.